The minimum absolute atomic E-state index is 0.182. The lowest BCUT2D eigenvalue weighted by Gasteiger charge is -2.36. The molecule has 0 amide bonds. The molecule has 1 aliphatic rings. The van der Waals surface area contributed by atoms with Crippen LogP contribution in [0.1, 0.15) is 51.5 Å². The summed E-state index contributed by atoms with van der Waals surface area (Å²) in [6, 6.07) is 5.25. The molecule has 3 heteroatoms. The van der Waals surface area contributed by atoms with E-state index in [0.717, 1.165) is 18.5 Å². The fourth-order valence-corrected chi connectivity index (χ4v) is 3.51. The summed E-state index contributed by atoms with van der Waals surface area (Å²) in [5, 5.41) is 4.24. The second-order valence-electron chi connectivity index (χ2n) is 6.51. The zero-order valence-corrected chi connectivity index (χ0v) is 13.4. The molecule has 0 radical (unpaired) electrons. The maximum atomic E-state index is 13.6. The van der Waals surface area contributed by atoms with Crippen LogP contribution in [0.4, 0.5) is 4.39 Å². The van der Waals surface area contributed by atoms with Gasteiger partial charge in [-0.1, -0.05) is 38.8 Å². The number of hydrogen-bond acceptors (Lipinski definition) is 1. The van der Waals surface area contributed by atoms with E-state index in [4.69, 9.17) is 11.6 Å². The standard InChI is InChI=1S/C17H25ClFN/c1-11(2)20-10-13-5-4-12(3)8-15(13)16-9-14(19)6-7-17(16)18/h6-7,9,11-13,15,20H,4-5,8,10H2,1-3H3. The molecular weight excluding hydrogens is 273 g/mol. The molecule has 1 aliphatic carbocycles. The Labute approximate surface area is 126 Å². The van der Waals surface area contributed by atoms with Crippen LogP contribution in [0.3, 0.4) is 0 Å². The number of nitrogens with one attached hydrogen (secondary N) is 1. The maximum Gasteiger partial charge on any atom is 0.123 e. The second-order valence-corrected chi connectivity index (χ2v) is 6.92. The van der Waals surface area contributed by atoms with Crippen molar-refractivity contribution in [2.75, 3.05) is 6.54 Å². The van der Waals surface area contributed by atoms with Crippen LogP contribution in [-0.4, -0.2) is 12.6 Å². The highest BCUT2D eigenvalue weighted by atomic mass is 35.5. The van der Waals surface area contributed by atoms with Gasteiger partial charge in [0, 0.05) is 11.1 Å². The van der Waals surface area contributed by atoms with Gasteiger partial charge in [0.05, 0.1) is 0 Å². The largest absolute Gasteiger partial charge is 0.314 e. The van der Waals surface area contributed by atoms with Gasteiger partial charge in [-0.2, -0.15) is 0 Å². The van der Waals surface area contributed by atoms with Gasteiger partial charge in [-0.25, -0.2) is 4.39 Å². The van der Waals surface area contributed by atoms with Crippen LogP contribution in [0.2, 0.25) is 5.02 Å². The normalized spacial score (nSPS) is 27.0. The van der Waals surface area contributed by atoms with Crippen LogP contribution >= 0.6 is 11.6 Å². The zero-order valence-electron chi connectivity index (χ0n) is 12.6. The molecule has 2 rings (SSSR count). The van der Waals surface area contributed by atoms with Crippen molar-refractivity contribution in [1.82, 2.24) is 5.32 Å². The Kier molecular flexibility index (Phi) is 5.45. The molecule has 1 N–H and O–H groups in total. The molecule has 1 aromatic rings. The van der Waals surface area contributed by atoms with Crippen molar-refractivity contribution in [2.24, 2.45) is 11.8 Å². The summed E-state index contributed by atoms with van der Waals surface area (Å²) < 4.78 is 13.6. The van der Waals surface area contributed by atoms with Crippen molar-refractivity contribution < 1.29 is 4.39 Å². The van der Waals surface area contributed by atoms with Crippen molar-refractivity contribution in [2.45, 2.75) is 52.0 Å². The van der Waals surface area contributed by atoms with E-state index in [-0.39, 0.29) is 5.82 Å². The van der Waals surface area contributed by atoms with Crippen LogP contribution < -0.4 is 5.32 Å². The highest BCUT2D eigenvalue weighted by Gasteiger charge is 2.31. The quantitative estimate of drug-likeness (QED) is 0.825. The Balaban J connectivity index is 2.20. The molecule has 0 aromatic heterocycles. The van der Waals surface area contributed by atoms with Crippen LogP contribution in [0.15, 0.2) is 18.2 Å². The topological polar surface area (TPSA) is 12.0 Å². The van der Waals surface area contributed by atoms with Gasteiger partial charge in [0.2, 0.25) is 0 Å². The van der Waals surface area contributed by atoms with E-state index in [1.165, 1.54) is 18.9 Å². The molecule has 1 aromatic carbocycles. The van der Waals surface area contributed by atoms with E-state index >= 15 is 0 Å². The van der Waals surface area contributed by atoms with Crippen molar-refractivity contribution >= 4 is 11.6 Å². The van der Waals surface area contributed by atoms with Crippen molar-refractivity contribution in [1.29, 1.82) is 0 Å². The third-order valence-corrected chi connectivity index (χ3v) is 4.75. The Morgan fingerprint density at radius 1 is 1.35 bits per heavy atom. The predicted octanol–water partition coefficient (Wildman–Crippen LogP) is 5.00. The first kappa shape index (κ1) is 15.8. The lowest BCUT2D eigenvalue weighted by molar-refractivity contribution is 0.238. The van der Waals surface area contributed by atoms with Crippen molar-refractivity contribution in [3.8, 4) is 0 Å². The van der Waals surface area contributed by atoms with E-state index < -0.39 is 0 Å². The molecule has 112 valence electrons. The van der Waals surface area contributed by atoms with Gasteiger partial charge < -0.3 is 5.32 Å². The predicted molar refractivity (Wildman–Crippen MR) is 83.8 cm³/mol. The van der Waals surface area contributed by atoms with Crippen LogP contribution in [0, 0.1) is 17.7 Å². The third kappa shape index (κ3) is 3.95. The van der Waals surface area contributed by atoms with Crippen LogP contribution in [-0.2, 0) is 0 Å². The summed E-state index contributed by atoms with van der Waals surface area (Å²) in [6.07, 6.45) is 3.56. The van der Waals surface area contributed by atoms with E-state index in [0.29, 0.717) is 28.8 Å². The first-order chi connectivity index (χ1) is 9.47. The average Bonchev–Trinajstić information content (AvgIpc) is 2.40. The Hall–Kier alpha value is -0.600. The summed E-state index contributed by atoms with van der Waals surface area (Å²) in [5.41, 5.74) is 0.994. The van der Waals surface area contributed by atoms with E-state index in [1.54, 1.807) is 12.1 Å². The summed E-state index contributed by atoms with van der Waals surface area (Å²) in [7, 11) is 0. The molecule has 0 spiro atoms. The maximum absolute atomic E-state index is 13.6. The molecule has 0 bridgehead atoms. The number of benzene rings is 1. The first-order valence-electron chi connectivity index (χ1n) is 7.65. The summed E-state index contributed by atoms with van der Waals surface area (Å²) in [5.74, 6) is 1.42. The molecule has 1 fully saturated rings. The van der Waals surface area contributed by atoms with Gasteiger partial charge in [-0.05, 0) is 60.9 Å². The van der Waals surface area contributed by atoms with Crippen molar-refractivity contribution in [3.05, 3.63) is 34.6 Å². The second kappa shape index (κ2) is 6.91. The molecule has 3 unspecified atom stereocenters. The highest BCUT2D eigenvalue weighted by molar-refractivity contribution is 6.31. The van der Waals surface area contributed by atoms with Crippen LogP contribution in [0.25, 0.3) is 0 Å². The number of hydrogen-bond donors (Lipinski definition) is 1. The summed E-state index contributed by atoms with van der Waals surface area (Å²) in [6.45, 7) is 7.60. The molecule has 20 heavy (non-hydrogen) atoms. The van der Waals surface area contributed by atoms with Gasteiger partial charge in [-0.3, -0.25) is 0 Å². The molecule has 1 saturated carbocycles. The van der Waals surface area contributed by atoms with E-state index in [9.17, 15) is 4.39 Å². The monoisotopic (exact) mass is 297 g/mol. The number of rotatable bonds is 4. The molecule has 3 atom stereocenters. The third-order valence-electron chi connectivity index (χ3n) is 4.40. The van der Waals surface area contributed by atoms with Gasteiger partial charge in [0.25, 0.3) is 0 Å². The van der Waals surface area contributed by atoms with Crippen molar-refractivity contribution in [3.63, 3.8) is 0 Å². The fourth-order valence-electron chi connectivity index (χ4n) is 3.25. The minimum Gasteiger partial charge on any atom is -0.314 e. The average molecular weight is 298 g/mol. The molecule has 0 aliphatic heterocycles. The van der Waals surface area contributed by atoms with E-state index in [1.807, 2.05) is 0 Å². The van der Waals surface area contributed by atoms with Crippen LogP contribution in [0.5, 0.6) is 0 Å². The Morgan fingerprint density at radius 2 is 2.10 bits per heavy atom. The minimum atomic E-state index is -0.182. The molecule has 0 saturated heterocycles. The van der Waals surface area contributed by atoms with E-state index in [2.05, 4.69) is 26.1 Å². The fraction of sp³-hybridized carbons (Fsp3) is 0.647. The smallest absolute Gasteiger partial charge is 0.123 e. The highest BCUT2D eigenvalue weighted by Crippen LogP contribution is 2.42. The van der Waals surface area contributed by atoms with Gasteiger partial charge in [-0.15, -0.1) is 0 Å². The summed E-state index contributed by atoms with van der Waals surface area (Å²) >= 11 is 6.32. The first-order valence-corrected chi connectivity index (χ1v) is 8.03. The zero-order chi connectivity index (χ0) is 14.7. The Morgan fingerprint density at radius 3 is 2.80 bits per heavy atom. The lowest BCUT2D eigenvalue weighted by atomic mass is 9.71. The van der Waals surface area contributed by atoms with Gasteiger partial charge in [0.15, 0.2) is 0 Å². The van der Waals surface area contributed by atoms with Gasteiger partial charge in [0.1, 0.15) is 5.82 Å². The Bertz CT molecular complexity index is 447. The molecular formula is C17H25ClFN. The lowest BCUT2D eigenvalue weighted by Crippen LogP contribution is -2.34. The summed E-state index contributed by atoms with van der Waals surface area (Å²) in [4.78, 5) is 0. The molecule has 0 heterocycles. The SMILES string of the molecule is CC1CCC(CNC(C)C)C(c2cc(F)ccc2Cl)C1. The van der Waals surface area contributed by atoms with Gasteiger partial charge >= 0.3 is 0 Å². The number of halogens is 2. The molecule has 1 nitrogen and oxygen atoms in total.